The van der Waals surface area contributed by atoms with Crippen LogP contribution in [0, 0.1) is 20.8 Å². The molecule has 0 aliphatic heterocycles. The van der Waals surface area contributed by atoms with E-state index in [1.54, 1.807) is 41.1 Å². The number of furan rings is 1. The molecule has 5 aromatic rings. The Kier molecular flexibility index (Phi) is 5.10. The molecule has 3 aromatic heterocycles. The SMILES string of the molecule is Cc1nn(-c2ccc(Oc3ccc(NC(=O)c4cc5ccccc5o4)cc3)nn2)c(C)c1C. The topological polar surface area (TPSA) is 95.1 Å². The minimum atomic E-state index is -0.319. The van der Waals surface area contributed by atoms with Crippen LogP contribution in [0.4, 0.5) is 5.69 Å². The maximum Gasteiger partial charge on any atom is 0.291 e. The molecule has 0 fully saturated rings. The van der Waals surface area contributed by atoms with Gasteiger partial charge in [-0.25, -0.2) is 4.68 Å². The highest BCUT2D eigenvalue weighted by molar-refractivity contribution is 6.04. The minimum Gasteiger partial charge on any atom is -0.451 e. The van der Waals surface area contributed by atoms with E-state index in [2.05, 4.69) is 20.6 Å². The average Bonchev–Trinajstić information content (AvgIpc) is 3.38. The van der Waals surface area contributed by atoms with Crippen molar-refractivity contribution in [2.45, 2.75) is 20.8 Å². The highest BCUT2D eigenvalue weighted by atomic mass is 16.5. The van der Waals surface area contributed by atoms with Crippen molar-refractivity contribution in [3.8, 4) is 17.4 Å². The smallest absolute Gasteiger partial charge is 0.291 e. The molecular formula is C25H21N5O3. The van der Waals surface area contributed by atoms with Gasteiger partial charge in [-0.15, -0.1) is 10.2 Å². The minimum absolute atomic E-state index is 0.254. The van der Waals surface area contributed by atoms with E-state index < -0.39 is 0 Å². The second-order valence-electron chi connectivity index (χ2n) is 7.67. The van der Waals surface area contributed by atoms with Gasteiger partial charge in [0.05, 0.1) is 5.69 Å². The predicted octanol–water partition coefficient (Wildman–Crippen LogP) is 5.38. The van der Waals surface area contributed by atoms with Crippen LogP contribution in [0.3, 0.4) is 0 Å². The predicted molar refractivity (Wildman–Crippen MR) is 124 cm³/mol. The molecule has 0 unspecified atom stereocenters. The van der Waals surface area contributed by atoms with Crippen LogP contribution in [-0.2, 0) is 0 Å². The third-order valence-corrected chi connectivity index (χ3v) is 5.48. The second kappa shape index (κ2) is 8.23. The molecular weight excluding hydrogens is 418 g/mol. The quantitative estimate of drug-likeness (QED) is 0.395. The van der Waals surface area contributed by atoms with Crippen molar-refractivity contribution in [2.75, 3.05) is 5.32 Å². The van der Waals surface area contributed by atoms with Crippen LogP contribution in [0.25, 0.3) is 16.8 Å². The van der Waals surface area contributed by atoms with Crippen molar-refractivity contribution in [3.63, 3.8) is 0 Å². The summed E-state index contributed by atoms with van der Waals surface area (Å²) in [7, 11) is 0. The van der Waals surface area contributed by atoms with Crippen LogP contribution in [-0.4, -0.2) is 25.9 Å². The average molecular weight is 439 g/mol. The number of rotatable bonds is 5. The number of aryl methyl sites for hydroxylation is 1. The van der Waals surface area contributed by atoms with Gasteiger partial charge in [0.2, 0.25) is 5.88 Å². The number of benzene rings is 2. The highest BCUT2D eigenvalue weighted by Gasteiger charge is 2.13. The molecule has 3 heterocycles. The number of aromatic nitrogens is 4. The summed E-state index contributed by atoms with van der Waals surface area (Å²) in [5, 5.41) is 16.6. The van der Waals surface area contributed by atoms with Gasteiger partial charge in [0, 0.05) is 22.8 Å². The lowest BCUT2D eigenvalue weighted by Crippen LogP contribution is -2.10. The van der Waals surface area contributed by atoms with Crippen molar-refractivity contribution >= 4 is 22.6 Å². The molecule has 164 valence electrons. The van der Waals surface area contributed by atoms with E-state index in [-0.39, 0.29) is 11.7 Å². The first-order valence-electron chi connectivity index (χ1n) is 10.4. The van der Waals surface area contributed by atoms with E-state index >= 15 is 0 Å². The van der Waals surface area contributed by atoms with Crippen LogP contribution < -0.4 is 10.1 Å². The lowest BCUT2D eigenvalue weighted by Gasteiger charge is -2.07. The van der Waals surface area contributed by atoms with Gasteiger partial charge < -0.3 is 14.5 Å². The Hall–Kier alpha value is -4.46. The number of fused-ring (bicyclic) bond motifs is 1. The summed E-state index contributed by atoms with van der Waals surface area (Å²) >= 11 is 0. The summed E-state index contributed by atoms with van der Waals surface area (Å²) in [6, 6.07) is 19.7. The standard InChI is InChI=1S/C25H21N5O3/c1-15-16(2)29-30(17(15)3)23-12-13-24(28-27-23)32-20-10-8-19(9-11-20)26-25(31)22-14-18-6-4-5-7-21(18)33-22/h4-14H,1-3H3,(H,26,31). The molecule has 0 aliphatic rings. The number of anilines is 1. The fraction of sp³-hybridized carbons (Fsp3) is 0.120. The first-order chi connectivity index (χ1) is 16.0. The van der Waals surface area contributed by atoms with Gasteiger partial charge in [0.25, 0.3) is 5.91 Å². The number of hydrogen-bond acceptors (Lipinski definition) is 6. The van der Waals surface area contributed by atoms with Gasteiger partial charge >= 0.3 is 0 Å². The first-order valence-corrected chi connectivity index (χ1v) is 10.4. The normalized spacial score (nSPS) is 11.0. The zero-order chi connectivity index (χ0) is 22.9. The zero-order valence-electron chi connectivity index (χ0n) is 18.4. The maximum atomic E-state index is 12.5. The number of hydrogen-bond donors (Lipinski definition) is 1. The van der Waals surface area contributed by atoms with E-state index in [1.807, 2.05) is 51.1 Å². The maximum absolute atomic E-state index is 12.5. The van der Waals surface area contributed by atoms with Crippen LogP contribution in [0.1, 0.15) is 27.5 Å². The van der Waals surface area contributed by atoms with Gasteiger partial charge in [0.1, 0.15) is 11.3 Å². The molecule has 1 amide bonds. The van der Waals surface area contributed by atoms with Crippen molar-refractivity contribution in [1.82, 2.24) is 20.0 Å². The Balaban J connectivity index is 1.25. The Morgan fingerprint density at radius 1 is 0.970 bits per heavy atom. The molecule has 0 radical (unpaired) electrons. The van der Waals surface area contributed by atoms with Crippen LogP contribution in [0.2, 0.25) is 0 Å². The number of nitrogens with zero attached hydrogens (tertiary/aromatic N) is 4. The molecule has 0 bridgehead atoms. The van der Waals surface area contributed by atoms with E-state index in [0.29, 0.717) is 28.7 Å². The van der Waals surface area contributed by atoms with Gasteiger partial charge in [-0.2, -0.15) is 5.10 Å². The third kappa shape index (κ3) is 4.06. The summed E-state index contributed by atoms with van der Waals surface area (Å²) in [5.41, 5.74) is 4.41. The zero-order valence-corrected chi connectivity index (χ0v) is 18.4. The molecule has 33 heavy (non-hydrogen) atoms. The van der Waals surface area contributed by atoms with E-state index in [4.69, 9.17) is 9.15 Å². The Bertz CT molecular complexity index is 1420. The van der Waals surface area contributed by atoms with Gasteiger partial charge in [-0.1, -0.05) is 18.2 Å². The molecule has 5 rings (SSSR count). The first kappa shape index (κ1) is 20.4. The summed E-state index contributed by atoms with van der Waals surface area (Å²) < 4.78 is 13.1. The van der Waals surface area contributed by atoms with Crippen molar-refractivity contribution < 1.29 is 13.9 Å². The largest absolute Gasteiger partial charge is 0.451 e. The van der Waals surface area contributed by atoms with Crippen molar-refractivity contribution in [1.29, 1.82) is 0 Å². The fourth-order valence-electron chi connectivity index (χ4n) is 3.44. The van der Waals surface area contributed by atoms with Crippen LogP contribution in [0.15, 0.2) is 71.1 Å². The van der Waals surface area contributed by atoms with E-state index in [0.717, 1.165) is 22.3 Å². The summed E-state index contributed by atoms with van der Waals surface area (Å²) in [5.74, 6) is 1.49. The molecule has 2 aromatic carbocycles. The molecule has 8 nitrogen and oxygen atoms in total. The number of nitrogens with one attached hydrogen (secondary N) is 1. The Morgan fingerprint density at radius 3 is 2.42 bits per heavy atom. The molecule has 0 saturated carbocycles. The van der Waals surface area contributed by atoms with Crippen molar-refractivity contribution in [2.24, 2.45) is 0 Å². The molecule has 0 spiro atoms. The van der Waals surface area contributed by atoms with Crippen LogP contribution >= 0.6 is 0 Å². The molecule has 0 atom stereocenters. The summed E-state index contributed by atoms with van der Waals surface area (Å²) in [6.07, 6.45) is 0. The van der Waals surface area contributed by atoms with E-state index in [1.165, 1.54) is 0 Å². The van der Waals surface area contributed by atoms with Gasteiger partial charge in [0.15, 0.2) is 11.6 Å². The van der Waals surface area contributed by atoms with Crippen LogP contribution in [0.5, 0.6) is 11.6 Å². The molecule has 1 N–H and O–H groups in total. The molecule has 0 saturated heterocycles. The summed E-state index contributed by atoms with van der Waals surface area (Å²) in [4.78, 5) is 12.5. The molecule has 8 heteroatoms. The Labute approximate surface area is 189 Å². The monoisotopic (exact) mass is 439 g/mol. The lowest BCUT2D eigenvalue weighted by molar-refractivity contribution is 0.0998. The van der Waals surface area contributed by atoms with Crippen molar-refractivity contribution in [3.05, 3.63) is 89.4 Å². The van der Waals surface area contributed by atoms with Gasteiger partial charge in [-0.05, 0) is 68.8 Å². The second-order valence-corrected chi connectivity index (χ2v) is 7.67. The molecule has 0 aliphatic carbocycles. The lowest BCUT2D eigenvalue weighted by atomic mass is 10.2. The number of ether oxygens (including phenoxy) is 1. The number of carbonyl (C=O) groups excluding carboxylic acids is 1. The fourth-order valence-corrected chi connectivity index (χ4v) is 3.44. The number of amides is 1. The number of carbonyl (C=O) groups is 1. The number of para-hydroxylation sites is 1. The summed E-state index contributed by atoms with van der Waals surface area (Å²) in [6.45, 7) is 5.99. The highest BCUT2D eigenvalue weighted by Crippen LogP contribution is 2.24. The Morgan fingerprint density at radius 2 is 1.76 bits per heavy atom. The van der Waals surface area contributed by atoms with E-state index in [9.17, 15) is 4.79 Å². The third-order valence-electron chi connectivity index (χ3n) is 5.48. The van der Waals surface area contributed by atoms with Gasteiger partial charge in [-0.3, -0.25) is 4.79 Å².